The first kappa shape index (κ1) is 24.9. The summed E-state index contributed by atoms with van der Waals surface area (Å²) in [6, 6.07) is 9.64. The van der Waals surface area contributed by atoms with Crippen LogP contribution < -0.4 is 0 Å². The van der Waals surface area contributed by atoms with Crippen molar-refractivity contribution >= 4 is 40.1 Å². The molecule has 3 aromatic rings. The summed E-state index contributed by atoms with van der Waals surface area (Å²) < 4.78 is 13.3. The number of piperazine rings is 1. The van der Waals surface area contributed by atoms with Gasteiger partial charge >= 0.3 is 0 Å². The number of benzene rings is 2. The van der Waals surface area contributed by atoms with Gasteiger partial charge in [-0.15, -0.1) is 0 Å². The summed E-state index contributed by atoms with van der Waals surface area (Å²) in [5.41, 5.74) is 2.08. The number of carbonyl (C=O) groups excluding carboxylic acids is 3. The molecule has 4 rings (SSSR count). The molecule has 184 valence electrons. The molecule has 0 radical (unpaired) electrons. The monoisotopic (exact) mass is 498 g/mol. The quantitative estimate of drug-likeness (QED) is 0.426. The van der Waals surface area contributed by atoms with Crippen LogP contribution in [-0.4, -0.2) is 76.5 Å². The first-order valence-electron chi connectivity index (χ1n) is 11.4. The summed E-state index contributed by atoms with van der Waals surface area (Å²) in [5.74, 6) is -1.79. The SMILES string of the molecule is CC1CN(C(=O)c2cc3c(C(=O)C(=O)N(C)C)c[nH]c3cc2Cl)C(C)CN1Cc1ccc(F)cc1. The summed E-state index contributed by atoms with van der Waals surface area (Å²) in [7, 11) is 3.03. The number of ketones is 1. The number of aromatic amines is 1. The van der Waals surface area contributed by atoms with Gasteiger partial charge in [0.2, 0.25) is 0 Å². The maximum Gasteiger partial charge on any atom is 0.294 e. The van der Waals surface area contributed by atoms with E-state index < -0.39 is 11.7 Å². The second kappa shape index (κ2) is 9.79. The van der Waals surface area contributed by atoms with Crippen LogP contribution in [0.3, 0.4) is 0 Å². The largest absolute Gasteiger partial charge is 0.360 e. The van der Waals surface area contributed by atoms with E-state index in [-0.39, 0.29) is 40.0 Å². The lowest BCUT2D eigenvalue weighted by atomic mass is 10.0. The van der Waals surface area contributed by atoms with Gasteiger partial charge in [-0.2, -0.15) is 0 Å². The molecule has 1 aliphatic rings. The van der Waals surface area contributed by atoms with E-state index in [4.69, 9.17) is 11.6 Å². The lowest BCUT2D eigenvalue weighted by Crippen LogP contribution is -2.57. The van der Waals surface area contributed by atoms with Crippen LogP contribution in [-0.2, 0) is 11.3 Å². The molecule has 7 nitrogen and oxygen atoms in total. The predicted octanol–water partition coefficient (Wildman–Crippen LogP) is 3.97. The first-order chi connectivity index (χ1) is 16.6. The van der Waals surface area contributed by atoms with Crippen LogP contribution in [0, 0.1) is 5.82 Å². The van der Waals surface area contributed by atoms with E-state index >= 15 is 0 Å². The summed E-state index contributed by atoms with van der Waals surface area (Å²) in [5, 5.41) is 0.754. The number of nitrogens with zero attached hydrogens (tertiary/aromatic N) is 3. The lowest BCUT2D eigenvalue weighted by molar-refractivity contribution is -0.124. The Kier molecular flexibility index (Phi) is 6.96. The van der Waals surface area contributed by atoms with Crippen molar-refractivity contribution in [3.05, 3.63) is 70.1 Å². The molecule has 35 heavy (non-hydrogen) atoms. The second-order valence-electron chi connectivity index (χ2n) is 9.32. The van der Waals surface area contributed by atoms with Gasteiger partial charge in [0.1, 0.15) is 5.82 Å². The van der Waals surface area contributed by atoms with Crippen LogP contribution in [0.25, 0.3) is 10.9 Å². The first-order valence-corrected chi connectivity index (χ1v) is 11.8. The summed E-state index contributed by atoms with van der Waals surface area (Å²) in [6.45, 7) is 5.84. The van der Waals surface area contributed by atoms with Gasteiger partial charge in [-0.05, 0) is 43.7 Å². The number of halogens is 2. The molecule has 0 bridgehead atoms. The molecule has 1 aromatic heterocycles. The number of carbonyl (C=O) groups is 3. The number of H-pyrrole nitrogens is 1. The predicted molar refractivity (Wildman–Crippen MR) is 133 cm³/mol. The molecule has 2 atom stereocenters. The molecule has 2 heterocycles. The van der Waals surface area contributed by atoms with Gasteiger partial charge in [0, 0.05) is 62.9 Å². The van der Waals surface area contributed by atoms with E-state index in [0.29, 0.717) is 30.5 Å². The molecule has 0 aliphatic carbocycles. The number of likely N-dealkylation sites (N-methyl/N-ethyl adjacent to an activating group) is 1. The third-order valence-electron chi connectivity index (χ3n) is 6.52. The zero-order valence-electron chi connectivity index (χ0n) is 20.1. The molecule has 1 N–H and O–H groups in total. The van der Waals surface area contributed by atoms with Gasteiger partial charge in [-0.3, -0.25) is 19.3 Å². The summed E-state index contributed by atoms with van der Waals surface area (Å²) in [4.78, 5) is 46.7. The molecule has 2 amide bonds. The zero-order valence-corrected chi connectivity index (χ0v) is 20.9. The molecule has 2 unspecified atom stereocenters. The number of nitrogens with one attached hydrogen (secondary N) is 1. The van der Waals surface area contributed by atoms with Gasteiger partial charge in [-0.25, -0.2) is 4.39 Å². The minimum absolute atomic E-state index is 0.0739. The van der Waals surface area contributed by atoms with E-state index in [2.05, 4.69) is 16.8 Å². The van der Waals surface area contributed by atoms with Crippen molar-refractivity contribution in [3.63, 3.8) is 0 Å². The van der Waals surface area contributed by atoms with E-state index in [0.717, 1.165) is 5.56 Å². The van der Waals surface area contributed by atoms with Crippen molar-refractivity contribution in [2.45, 2.75) is 32.5 Å². The topological polar surface area (TPSA) is 76.7 Å². The van der Waals surface area contributed by atoms with Crippen molar-refractivity contribution in [1.82, 2.24) is 19.7 Å². The molecule has 2 aromatic carbocycles. The van der Waals surface area contributed by atoms with Crippen LogP contribution in [0.5, 0.6) is 0 Å². The van der Waals surface area contributed by atoms with Gasteiger partial charge in [0.25, 0.3) is 17.6 Å². The van der Waals surface area contributed by atoms with Crippen LogP contribution in [0.4, 0.5) is 4.39 Å². The highest BCUT2D eigenvalue weighted by molar-refractivity contribution is 6.45. The molecule has 1 saturated heterocycles. The average molecular weight is 499 g/mol. The summed E-state index contributed by atoms with van der Waals surface area (Å²) >= 11 is 6.48. The normalized spacial score (nSPS) is 18.6. The third-order valence-corrected chi connectivity index (χ3v) is 6.83. The van der Waals surface area contributed by atoms with E-state index in [1.165, 1.54) is 37.3 Å². The van der Waals surface area contributed by atoms with E-state index in [1.54, 1.807) is 29.2 Å². The van der Waals surface area contributed by atoms with Gasteiger partial charge in [0.15, 0.2) is 0 Å². The Morgan fingerprint density at radius 1 is 1.06 bits per heavy atom. The molecular weight excluding hydrogens is 471 g/mol. The molecule has 0 saturated carbocycles. The molecule has 0 spiro atoms. The molecule has 9 heteroatoms. The highest BCUT2D eigenvalue weighted by Gasteiger charge is 2.33. The number of amides is 2. The lowest BCUT2D eigenvalue weighted by Gasteiger charge is -2.44. The fraction of sp³-hybridized carbons (Fsp3) is 0.346. The average Bonchev–Trinajstić information content (AvgIpc) is 3.23. The Labute approximate surface area is 208 Å². The maximum absolute atomic E-state index is 13.6. The number of fused-ring (bicyclic) bond motifs is 1. The number of rotatable bonds is 5. The zero-order chi connectivity index (χ0) is 25.4. The Hall–Kier alpha value is -3.23. The van der Waals surface area contributed by atoms with Crippen LogP contribution >= 0.6 is 11.6 Å². The molecule has 1 aliphatic heterocycles. The highest BCUT2D eigenvalue weighted by Crippen LogP contribution is 2.29. The summed E-state index contributed by atoms with van der Waals surface area (Å²) in [6.07, 6.45) is 1.47. The highest BCUT2D eigenvalue weighted by atomic mass is 35.5. The van der Waals surface area contributed by atoms with Gasteiger partial charge in [-0.1, -0.05) is 23.7 Å². The van der Waals surface area contributed by atoms with Crippen molar-refractivity contribution in [1.29, 1.82) is 0 Å². The second-order valence-corrected chi connectivity index (χ2v) is 9.73. The fourth-order valence-electron chi connectivity index (χ4n) is 4.49. The third kappa shape index (κ3) is 4.94. The van der Waals surface area contributed by atoms with E-state index in [9.17, 15) is 18.8 Å². The molecular formula is C26H28ClFN4O3. The number of Topliss-reactive ketones (excluding diaryl/α,β-unsaturated/α-hetero) is 1. The van der Waals surface area contributed by atoms with Crippen molar-refractivity contribution in [2.75, 3.05) is 27.2 Å². The minimum atomic E-state index is -0.654. The van der Waals surface area contributed by atoms with Crippen LogP contribution in [0.2, 0.25) is 5.02 Å². The van der Waals surface area contributed by atoms with Crippen LogP contribution in [0.1, 0.15) is 40.1 Å². The van der Waals surface area contributed by atoms with Gasteiger partial charge < -0.3 is 14.8 Å². The van der Waals surface area contributed by atoms with Crippen molar-refractivity contribution < 1.29 is 18.8 Å². The smallest absolute Gasteiger partial charge is 0.294 e. The van der Waals surface area contributed by atoms with Gasteiger partial charge in [0.05, 0.1) is 16.1 Å². The fourth-order valence-corrected chi connectivity index (χ4v) is 4.74. The standard InChI is InChI=1S/C26H28ClFN4O3/c1-15-13-32(16(2)12-31(15)14-17-5-7-18(28)8-6-17)25(34)20-9-19-21(24(33)26(35)30(3)4)11-29-23(19)10-22(20)27/h5-11,15-16,29H,12-14H2,1-4H3. The maximum atomic E-state index is 13.6. The number of hydrogen-bond donors (Lipinski definition) is 1. The van der Waals surface area contributed by atoms with E-state index in [1.807, 2.05) is 6.92 Å². The number of aromatic nitrogens is 1. The Morgan fingerprint density at radius 3 is 2.40 bits per heavy atom. The Bertz CT molecular complexity index is 1290. The Morgan fingerprint density at radius 2 is 1.74 bits per heavy atom. The number of hydrogen-bond acceptors (Lipinski definition) is 4. The Balaban J connectivity index is 1.57. The van der Waals surface area contributed by atoms with Crippen molar-refractivity contribution in [3.8, 4) is 0 Å². The van der Waals surface area contributed by atoms with Crippen LogP contribution in [0.15, 0.2) is 42.6 Å². The van der Waals surface area contributed by atoms with Crippen molar-refractivity contribution in [2.24, 2.45) is 0 Å². The minimum Gasteiger partial charge on any atom is -0.360 e. The molecule has 1 fully saturated rings.